The van der Waals surface area contributed by atoms with Crippen molar-refractivity contribution in [2.24, 2.45) is 5.41 Å². The Morgan fingerprint density at radius 3 is 2.64 bits per heavy atom. The summed E-state index contributed by atoms with van der Waals surface area (Å²) in [7, 11) is -3.71. The standard InChI is InChI=1S/C17H22N2O4S2/c1-16(2,3)17(9-6-10-19(17)15(20)21)11-25(22,23)14-18-12-7-4-5-8-13(12)24-14/h4-5,7-8H,6,9-11H2,1-3H3,(H,20,21)/t17-/m0/s1. The van der Waals surface area contributed by atoms with Crippen molar-refractivity contribution in [2.75, 3.05) is 12.3 Å². The van der Waals surface area contributed by atoms with E-state index < -0.39 is 26.9 Å². The maximum Gasteiger partial charge on any atom is 0.407 e. The van der Waals surface area contributed by atoms with E-state index in [1.807, 2.05) is 39.0 Å². The number of hydrogen-bond donors (Lipinski definition) is 1. The average molecular weight is 383 g/mol. The lowest BCUT2D eigenvalue weighted by molar-refractivity contribution is 0.0466. The number of nitrogens with zero attached hydrogens (tertiary/aromatic N) is 2. The van der Waals surface area contributed by atoms with Crippen LogP contribution in [0.4, 0.5) is 4.79 Å². The van der Waals surface area contributed by atoms with E-state index in [0.717, 1.165) is 16.0 Å². The van der Waals surface area contributed by atoms with Crippen molar-refractivity contribution < 1.29 is 18.3 Å². The van der Waals surface area contributed by atoms with Crippen LogP contribution in [0.3, 0.4) is 0 Å². The number of hydrogen-bond acceptors (Lipinski definition) is 5. The molecule has 3 rings (SSSR count). The predicted octanol–water partition coefficient (Wildman–Crippen LogP) is 3.63. The molecule has 136 valence electrons. The molecule has 1 N–H and O–H groups in total. The van der Waals surface area contributed by atoms with Crippen molar-refractivity contribution in [3.8, 4) is 0 Å². The SMILES string of the molecule is CC(C)(C)[C@@]1(CS(=O)(=O)c2nc3ccccc3s2)CCCN1C(=O)O. The largest absolute Gasteiger partial charge is 0.465 e. The zero-order chi connectivity index (χ0) is 18.5. The van der Waals surface area contributed by atoms with Gasteiger partial charge in [0.05, 0.1) is 21.5 Å². The van der Waals surface area contributed by atoms with Crippen LogP contribution in [-0.2, 0) is 9.84 Å². The molecule has 1 aliphatic heterocycles. The van der Waals surface area contributed by atoms with Gasteiger partial charge in [0.25, 0.3) is 0 Å². The van der Waals surface area contributed by atoms with Gasteiger partial charge in [-0.15, -0.1) is 11.3 Å². The Morgan fingerprint density at radius 2 is 2.04 bits per heavy atom. The molecule has 0 aliphatic carbocycles. The summed E-state index contributed by atoms with van der Waals surface area (Å²) in [5, 5.41) is 9.61. The number of amides is 1. The Labute approximate surface area is 151 Å². The summed E-state index contributed by atoms with van der Waals surface area (Å²) in [6, 6.07) is 7.28. The first-order chi connectivity index (χ1) is 11.6. The van der Waals surface area contributed by atoms with Gasteiger partial charge in [0.15, 0.2) is 0 Å². The smallest absolute Gasteiger partial charge is 0.407 e. The van der Waals surface area contributed by atoms with Gasteiger partial charge in [-0.25, -0.2) is 18.2 Å². The molecule has 1 aliphatic rings. The number of sulfone groups is 1. The Bertz CT molecular complexity index is 881. The fourth-order valence-electron chi connectivity index (χ4n) is 3.66. The Morgan fingerprint density at radius 1 is 1.36 bits per heavy atom. The van der Waals surface area contributed by atoms with Crippen molar-refractivity contribution in [3.63, 3.8) is 0 Å². The fourth-order valence-corrected chi connectivity index (χ4v) is 7.04. The molecular weight excluding hydrogens is 360 g/mol. The fraction of sp³-hybridized carbons (Fsp3) is 0.529. The van der Waals surface area contributed by atoms with E-state index >= 15 is 0 Å². The lowest BCUT2D eigenvalue weighted by atomic mass is 9.73. The van der Waals surface area contributed by atoms with E-state index in [1.165, 1.54) is 4.90 Å². The maximum absolute atomic E-state index is 13.1. The van der Waals surface area contributed by atoms with Crippen LogP contribution in [0, 0.1) is 5.41 Å². The summed E-state index contributed by atoms with van der Waals surface area (Å²) < 4.78 is 27.1. The first-order valence-corrected chi connectivity index (χ1v) is 10.6. The normalized spacial score (nSPS) is 21.8. The van der Waals surface area contributed by atoms with E-state index in [1.54, 1.807) is 6.07 Å². The molecule has 0 saturated carbocycles. The topological polar surface area (TPSA) is 87.6 Å². The summed E-state index contributed by atoms with van der Waals surface area (Å²) in [6.45, 7) is 6.08. The summed E-state index contributed by atoms with van der Waals surface area (Å²) in [6.07, 6.45) is 0.137. The second kappa shape index (κ2) is 5.95. The van der Waals surface area contributed by atoms with Gasteiger partial charge in [-0.2, -0.15) is 0 Å². The van der Waals surface area contributed by atoms with Crippen LogP contribution >= 0.6 is 11.3 Å². The van der Waals surface area contributed by atoms with Crippen LogP contribution in [0.1, 0.15) is 33.6 Å². The number of carbonyl (C=O) groups is 1. The highest BCUT2D eigenvalue weighted by Gasteiger charge is 2.54. The second-order valence-corrected chi connectivity index (χ2v) is 10.7. The first-order valence-electron chi connectivity index (χ1n) is 8.16. The molecule has 1 fully saturated rings. The molecule has 1 aromatic heterocycles. The van der Waals surface area contributed by atoms with Gasteiger partial charge < -0.3 is 10.0 Å². The van der Waals surface area contributed by atoms with Gasteiger partial charge in [0, 0.05) is 6.54 Å². The highest BCUT2D eigenvalue weighted by atomic mass is 32.2. The Balaban J connectivity index is 2.05. The molecule has 6 nitrogen and oxygen atoms in total. The van der Waals surface area contributed by atoms with Crippen LogP contribution in [0.2, 0.25) is 0 Å². The second-order valence-electron chi connectivity index (χ2n) is 7.53. The third-order valence-electron chi connectivity index (χ3n) is 5.08. The molecule has 1 atom stereocenters. The van der Waals surface area contributed by atoms with E-state index in [9.17, 15) is 18.3 Å². The molecule has 1 saturated heterocycles. The molecule has 0 radical (unpaired) electrons. The van der Waals surface area contributed by atoms with Crippen molar-refractivity contribution >= 4 is 37.5 Å². The number of para-hydroxylation sites is 1. The minimum Gasteiger partial charge on any atom is -0.465 e. The van der Waals surface area contributed by atoms with Crippen molar-refractivity contribution in [1.29, 1.82) is 0 Å². The lowest BCUT2D eigenvalue weighted by Gasteiger charge is -2.46. The molecule has 1 amide bonds. The molecule has 2 aromatic rings. The van der Waals surface area contributed by atoms with Gasteiger partial charge in [0.1, 0.15) is 0 Å². The minimum atomic E-state index is -3.71. The Kier molecular flexibility index (Phi) is 4.31. The number of likely N-dealkylation sites (tertiary alicyclic amines) is 1. The molecule has 8 heteroatoms. The molecule has 1 aromatic carbocycles. The monoisotopic (exact) mass is 382 g/mol. The zero-order valence-corrected chi connectivity index (χ0v) is 16.2. The van der Waals surface area contributed by atoms with Crippen LogP contribution in [-0.4, -0.2) is 47.3 Å². The number of fused-ring (bicyclic) bond motifs is 1. The lowest BCUT2D eigenvalue weighted by Crippen LogP contribution is -2.59. The van der Waals surface area contributed by atoms with Crippen LogP contribution in [0.5, 0.6) is 0 Å². The van der Waals surface area contributed by atoms with Gasteiger partial charge in [-0.05, 0) is 30.4 Å². The van der Waals surface area contributed by atoms with Gasteiger partial charge in [-0.3, -0.25) is 0 Å². The van der Waals surface area contributed by atoms with Crippen molar-refractivity contribution in [1.82, 2.24) is 9.88 Å². The molecule has 25 heavy (non-hydrogen) atoms. The van der Waals surface area contributed by atoms with E-state index in [-0.39, 0.29) is 10.1 Å². The van der Waals surface area contributed by atoms with Crippen molar-refractivity contribution in [2.45, 2.75) is 43.5 Å². The maximum atomic E-state index is 13.1. The third kappa shape index (κ3) is 3.01. The van der Waals surface area contributed by atoms with Gasteiger partial charge >= 0.3 is 6.09 Å². The predicted molar refractivity (Wildman–Crippen MR) is 97.8 cm³/mol. The van der Waals surface area contributed by atoms with E-state index in [4.69, 9.17) is 0 Å². The molecule has 0 unspecified atom stereocenters. The summed E-state index contributed by atoms with van der Waals surface area (Å²) in [5.41, 5.74) is -0.807. The highest BCUT2D eigenvalue weighted by molar-refractivity contribution is 7.93. The number of aromatic nitrogens is 1. The first kappa shape index (κ1) is 18.1. The Hall–Kier alpha value is -1.67. The van der Waals surface area contributed by atoms with Crippen LogP contribution in [0.15, 0.2) is 28.6 Å². The number of benzene rings is 1. The summed E-state index contributed by atoms with van der Waals surface area (Å²) in [5.74, 6) is -0.240. The van der Waals surface area contributed by atoms with Crippen molar-refractivity contribution in [3.05, 3.63) is 24.3 Å². The summed E-state index contributed by atoms with van der Waals surface area (Å²) in [4.78, 5) is 17.3. The van der Waals surface area contributed by atoms with Crippen LogP contribution < -0.4 is 0 Å². The molecular formula is C17H22N2O4S2. The molecule has 2 heterocycles. The number of thiazole rings is 1. The van der Waals surface area contributed by atoms with E-state index in [0.29, 0.717) is 24.9 Å². The third-order valence-corrected chi connectivity index (χ3v) is 8.41. The average Bonchev–Trinajstić information content (AvgIpc) is 3.10. The minimum absolute atomic E-state index is 0.0644. The van der Waals surface area contributed by atoms with Gasteiger partial charge in [0.2, 0.25) is 14.2 Å². The van der Waals surface area contributed by atoms with Gasteiger partial charge in [-0.1, -0.05) is 32.9 Å². The quantitative estimate of drug-likeness (QED) is 0.876. The highest BCUT2D eigenvalue weighted by Crippen LogP contribution is 2.45. The summed E-state index contributed by atoms with van der Waals surface area (Å²) >= 11 is 1.14. The number of carboxylic acid groups (broad SMARTS) is 1. The zero-order valence-electron chi connectivity index (χ0n) is 14.5. The van der Waals surface area contributed by atoms with E-state index in [2.05, 4.69) is 4.98 Å². The number of rotatable bonds is 3. The molecule has 0 bridgehead atoms. The molecule has 0 spiro atoms. The van der Waals surface area contributed by atoms with Crippen LogP contribution in [0.25, 0.3) is 10.2 Å².